The quantitative estimate of drug-likeness (QED) is 0.540. The molecule has 4 rings (SSSR count). The van der Waals surface area contributed by atoms with Gasteiger partial charge in [-0.15, -0.1) is 0 Å². The fraction of sp³-hybridized carbons (Fsp3) is 0.278. The van der Waals surface area contributed by atoms with Gasteiger partial charge in [0.2, 0.25) is 5.95 Å². The molecule has 9 heteroatoms. The van der Waals surface area contributed by atoms with E-state index in [0.29, 0.717) is 23.5 Å². The van der Waals surface area contributed by atoms with E-state index < -0.39 is 0 Å². The molecule has 27 heavy (non-hydrogen) atoms. The standard InChI is InChI=1S/C18H20N8O/c1-3-5-14-15-16(25(2)24-14)17(27)23-18(22-15)20-9-12-6-4-7-13(8-12)26-11-19-10-21-26/h4,6-8,10-11H,3,5,9H2,1-2H3,(H2,20,22,23,27). The van der Waals surface area contributed by atoms with E-state index in [-0.39, 0.29) is 5.56 Å². The van der Waals surface area contributed by atoms with Crippen molar-refractivity contribution in [1.82, 2.24) is 34.5 Å². The van der Waals surface area contributed by atoms with E-state index in [1.165, 1.54) is 6.33 Å². The number of benzene rings is 1. The van der Waals surface area contributed by atoms with E-state index in [0.717, 1.165) is 29.8 Å². The lowest BCUT2D eigenvalue weighted by Crippen LogP contribution is -2.15. The van der Waals surface area contributed by atoms with Gasteiger partial charge in [-0.2, -0.15) is 10.2 Å². The zero-order chi connectivity index (χ0) is 18.8. The van der Waals surface area contributed by atoms with Gasteiger partial charge >= 0.3 is 0 Å². The minimum atomic E-state index is -0.198. The minimum Gasteiger partial charge on any atom is -0.352 e. The number of aromatic amines is 1. The zero-order valence-electron chi connectivity index (χ0n) is 15.2. The molecule has 0 saturated heterocycles. The summed E-state index contributed by atoms with van der Waals surface area (Å²) in [4.78, 5) is 23.8. The number of nitrogens with zero attached hydrogens (tertiary/aromatic N) is 6. The third-order valence-corrected chi connectivity index (χ3v) is 4.30. The summed E-state index contributed by atoms with van der Waals surface area (Å²) in [6.07, 6.45) is 4.87. The summed E-state index contributed by atoms with van der Waals surface area (Å²) in [5.41, 5.74) is 3.75. The Labute approximate surface area is 155 Å². The van der Waals surface area contributed by atoms with Crippen LogP contribution in [0.2, 0.25) is 0 Å². The van der Waals surface area contributed by atoms with Crippen molar-refractivity contribution in [2.45, 2.75) is 26.3 Å². The van der Waals surface area contributed by atoms with Gasteiger partial charge in [0, 0.05) is 13.6 Å². The van der Waals surface area contributed by atoms with Gasteiger partial charge in [0.05, 0.1) is 11.4 Å². The predicted molar refractivity (Wildman–Crippen MR) is 102 cm³/mol. The Hall–Kier alpha value is -3.49. The number of hydrogen-bond acceptors (Lipinski definition) is 6. The third-order valence-electron chi connectivity index (χ3n) is 4.30. The Bertz CT molecular complexity index is 1130. The molecule has 0 unspecified atom stereocenters. The van der Waals surface area contributed by atoms with Crippen LogP contribution >= 0.6 is 0 Å². The summed E-state index contributed by atoms with van der Waals surface area (Å²) < 4.78 is 3.29. The number of aromatic nitrogens is 7. The Balaban J connectivity index is 1.60. The second-order valence-corrected chi connectivity index (χ2v) is 6.30. The van der Waals surface area contributed by atoms with Crippen molar-refractivity contribution in [2.24, 2.45) is 7.05 Å². The number of nitrogens with one attached hydrogen (secondary N) is 2. The monoisotopic (exact) mass is 364 g/mol. The lowest BCUT2D eigenvalue weighted by molar-refractivity contribution is 0.751. The van der Waals surface area contributed by atoms with Gasteiger partial charge in [0.15, 0.2) is 5.52 Å². The Morgan fingerprint density at radius 1 is 1.30 bits per heavy atom. The van der Waals surface area contributed by atoms with Gasteiger partial charge < -0.3 is 5.32 Å². The smallest absolute Gasteiger partial charge is 0.278 e. The maximum Gasteiger partial charge on any atom is 0.278 e. The van der Waals surface area contributed by atoms with Crippen molar-refractivity contribution in [2.75, 3.05) is 5.32 Å². The molecular formula is C18H20N8O. The van der Waals surface area contributed by atoms with Gasteiger partial charge in [0.25, 0.3) is 5.56 Å². The first-order chi connectivity index (χ1) is 13.2. The minimum absolute atomic E-state index is 0.198. The summed E-state index contributed by atoms with van der Waals surface area (Å²) >= 11 is 0. The van der Waals surface area contributed by atoms with Crippen LogP contribution in [0.5, 0.6) is 0 Å². The highest BCUT2D eigenvalue weighted by atomic mass is 16.1. The molecule has 0 aliphatic carbocycles. The Morgan fingerprint density at radius 2 is 2.19 bits per heavy atom. The largest absolute Gasteiger partial charge is 0.352 e. The molecule has 2 N–H and O–H groups in total. The van der Waals surface area contributed by atoms with Crippen LogP contribution in [-0.4, -0.2) is 34.5 Å². The summed E-state index contributed by atoms with van der Waals surface area (Å²) in [5.74, 6) is 0.434. The highest BCUT2D eigenvalue weighted by molar-refractivity contribution is 5.77. The van der Waals surface area contributed by atoms with Crippen molar-refractivity contribution in [3.63, 3.8) is 0 Å². The Kier molecular flexibility index (Phi) is 4.41. The summed E-state index contributed by atoms with van der Waals surface area (Å²) in [7, 11) is 1.77. The molecule has 1 aromatic carbocycles. The maximum atomic E-state index is 12.4. The van der Waals surface area contributed by atoms with Gasteiger partial charge in [-0.1, -0.05) is 25.5 Å². The topological polar surface area (TPSA) is 106 Å². The molecule has 0 saturated carbocycles. The van der Waals surface area contributed by atoms with Crippen LogP contribution in [0.4, 0.5) is 5.95 Å². The molecule has 0 fully saturated rings. The molecular weight excluding hydrogens is 344 g/mol. The number of rotatable bonds is 6. The molecule has 138 valence electrons. The van der Waals surface area contributed by atoms with Crippen LogP contribution in [0.15, 0.2) is 41.7 Å². The van der Waals surface area contributed by atoms with E-state index in [1.807, 2.05) is 24.3 Å². The molecule has 0 atom stereocenters. The highest BCUT2D eigenvalue weighted by Gasteiger charge is 2.14. The lowest BCUT2D eigenvalue weighted by atomic mass is 10.2. The van der Waals surface area contributed by atoms with E-state index in [4.69, 9.17) is 0 Å². The molecule has 4 aromatic rings. The van der Waals surface area contributed by atoms with Crippen LogP contribution in [0.3, 0.4) is 0 Å². The van der Waals surface area contributed by atoms with Gasteiger partial charge in [-0.25, -0.2) is 14.6 Å². The lowest BCUT2D eigenvalue weighted by Gasteiger charge is -2.08. The SMILES string of the molecule is CCCc1nn(C)c2c(=O)[nH]c(NCc3cccc(-n4cncn4)c3)nc12. The third kappa shape index (κ3) is 3.31. The average Bonchev–Trinajstić information content (AvgIpc) is 3.30. The van der Waals surface area contributed by atoms with E-state index in [1.54, 1.807) is 22.7 Å². The number of H-pyrrole nitrogens is 1. The predicted octanol–water partition coefficient (Wildman–Crippen LogP) is 1.80. The molecule has 0 aliphatic heterocycles. The second-order valence-electron chi connectivity index (χ2n) is 6.30. The van der Waals surface area contributed by atoms with Crippen molar-refractivity contribution in [3.05, 3.63) is 58.5 Å². The summed E-state index contributed by atoms with van der Waals surface area (Å²) in [6, 6.07) is 7.91. The normalized spacial score (nSPS) is 11.2. The molecule has 3 heterocycles. The number of anilines is 1. The summed E-state index contributed by atoms with van der Waals surface area (Å²) in [5, 5.41) is 11.8. The van der Waals surface area contributed by atoms with Gasteiger partial charge in [-0.05, 0) is 24.1 Å². The first-order valence-corrected chi connectivity index (χ1v) is 8.79. The average molecular weight is 364 g/mol. The van der Waals surface area contributed by atoms with Crippen molar-refractivity contribution in [3.8, 4) is 5.69 Å². The van der Waals surface area contributed by atoms with Crippen LogP contribution in [-0.2, 0) is 20.0 Å². The van der Waals surface area contributed by atoms with Crippen LogP contribution in [0.25, 0.3) is 16.7 Å². The van der Waals surface area contributed by atoms with Crippen LogP contribution < -0.4 is 10.9 Å². The first-order valence-electron chi connectivity index (χ1n) is 8.79. The fourth-order valence-corrected chi connectivity index (χ4v) is 3.07. The molecule has 0 amide bonds. The van der Waals surface area contributed by atoms with E-state index >= 15 is 0 Å². The summed E-state index contributed by atoms with van der Waals surface area (Å²) in [6.45, 7) is 2.59. The molecule has 0 bridgehead atoms. The maximum absolute atomic E-state index is 12.4. The van der Waals surface area contributed by atoms with Crippen molar-refractivity contribution in [1.29, 1.82) is 0 Å². The van der Waals surface area contributed by atoms with Crippen LogP contribution in [0, 0.1) is 0 Å². The van der Waals surface area contributed by atoms with Crippen molar-refractivity contribution >= 4 is 17.0 Å². The molecule has 0 spiro atoms. The first kappa shape index (κ1) is 17.0. The van der Waals surface area contributed by atoms with Crippen LogP contribution in [0.1, 0.15) is 24.6 Å². The van der Waals surface area contributed by atoms with E-state index in [9.17, 15) is 4.79 Å². The molecule has 0 radical (unpaired) electrons. The number of hydrogen-bond donors (Lipinski definition) is 2. The molecule has 3 aromatic heterocycles. The number of aryl methyl sites for hydroxylation is 2. The zero-order valence-corrected chi connectivity index (χ0v) is 15.2. The molecule has 9 nitrogen and oxygen atoms in total. The van der Waals surface area contributed by atoms with E-state index in [2.05, 4.69) is 37.4 Å². The number of fused-ring (bicyclic) bond motifs is 1. The molecule has 0 aliphatic rings. The fourth-order valence-electron chi connectivity index (χ4n) is 3.07. The van der Waals surface area contributed by atoms with Gasteiger partial charge in [-0.3, -0.25) is 14.5 Å². The van der Waals surface area contributed by atoms with Crippen molar-refractivity contribution < 1.29 is 0 Å². The second kappa shape index (κ2) is 7.02. The Morgan fingerprint density at radius 3 is 2.96 bits per heavy atom. The highest BCUT2D eigenvalue weighted by Crippen LogP contribution is 2.16. The van der Waals surface area contributed by atoms with Gasteiger partial charge in [0.1, 0.15) is 18.2 Å².